The fourth-order valence-corrected chi connectivity index (χ4v) is 6.49. The SMILES string of the molecule is O=C(CN(C(=O)c1ccc(Cl)c(Cl)c1)N1C(=O)[C@@H]2[C@@H]3C=C[C@@H]([C@@H]4C[C@@H]34)[C@@H]2C1=O)c1ccc([N+](=O)[O-])cc1. The van der Waals surface area contributed by atoms with Crippen LogP contribution in [0.15, 0.2) is 54.6 Å². The summed E-state index contributed by atoms with van der Waals surface area (Å²) in [5.41, 5.74) is -0.0573. The van der Waals surface area contributed by atoms with E-state index in [1.807, 2.05) is 12.2 Å². The molecule has 5 aliphatic rings. The highest BCUT2D eigenvalue weighted by atomic mass is 35.5. The summed E-state index contributed by atoms with van der Waals surface area (Å²) >= 11 is 12.1. The highest BCUT2D eigenvalue weighted by Gasteiger charge is 2.68. The summed E-state index contributed by atoms with van der Waals surface area (Å²) in [4.78, 5) is 64.6. The maximum Gasteiger partial charge on any atom is 0.273 e. The number of hydrazine groups is 1. The fraction of sp³-hybridized carbons (Fsp3) is 0.308. The van der Waals surface area contributed by atoms with Crippen molar-refractivity contribution in [2.24, 2.45) is 35.5 Å². The Balaban J connectivity index is 1.35. The normalized spacial score (nSPS) is 28.6. The van der Waals surface area contributed by atoms with Crippen LogP contribution in [0.1, 0.15) is 27.1 Å². The van der Waals surface area contributed by atoms with Crippen molar-refractivity contribution in [1.82, 2.24) is 10.0 Å². The van der Waals surface area contributed by atoms with Crippen LogP contribution in [0.4, 0.5) is 5.69 Å². The molecule has 0 radical (unpaired) electrons. The second-order valence-corrected chi connectivity index (χ2v) is 10.7. The van der Waals surface area contributed by atoms with Crippen molar-refractivity contribution in [1.29, 1.82) is 0 Å². The number of amides is 3. The molecule has 2 saturated carbocycles. The van der Waals surface area contributed by atoms with Gasteiger partial charge in [0.05, 0.1) is 26.8 Å². The summed E-state index contributed by atoms with van der Waals surface area (Å²) < 4.78 is 0. The van der Waals surface area contributed by atoms with Gasteiger partial charge in [-0.1, -0.05) is 35.4 Å². The molecule has 37 heavy (non-hydrogen) atoms. The third-order valence-corrected chi connectivity index (χ3v) is 8.71. The molecule has 0 aromatic heterocycles. The van der Waals surface area contributed by atoms with Crippen LogP contribution < -0.4 is 0 Å². The van der Waals surface area contributed by atoms with E-state index in [4.69, 9.17) is 23.2 Å². The van der Waals surface area contributed by atoms with Gasteiger partial charge in [0.25, 0.3) is 23.4 Å². The van der Waals surface area contributed by atoms with Gasteiger partial charge in [-0.15, -0.1) is 0 Å². The van der Waals surface area contributed by atoms with E-state index in [1.165, 1.54) is 42.5 Å². The van der Waals surface area contributed by atoms with Gasteiger partial charge in [-0.3, -0.25) is 29.3 Å². The first-order chi connectivity index (χ1) is 17.7. The molecule has 1 aliphatic heterocycles. The van der Waals surface area contributed by atoms with Gasteiger partial charge < -0.3 is 0 Å². The number of nitro benzene ring substituents is 1. The Morgan fingerprint density at radius 2 is 1.49 bits per heavy atom. The van der Waals surface area contributed by atoms with Gasteiger partial charge in [-0.25, -0.2) is 5.01 Å². The number of hydrogen-bond acceptors (Lipinski definition) is 6. The predicted octanol–water partition coefficient (Wildman–Crippen LogP) is 4.19. The minimum absolute atomic E-state index is 0.0466. The predicted molar refractivity (Wildman–Crippen MR) is 131 cm³/mol. The van der Waals surface area contributed by atoms with Crippen LogP contribution in [0.3, 0.4) is 0 Å². The number of hydrogen-bond donors (Lipinski definition) is 0. The monoisotopic (exact) mass is 539 g/mol. The van der Waals surface area contributed by atoms with Gasteiger partial charge in [0.15, 0.2) is 5.78 Å². The Bertz CT molecular complexity index is 1390. The lowest BCUT2D eigenvalue weighted by molar-refractivity contribution is -0.384. The summed E-state index contributed by atoms with van der Waals surface area (Å²) in [5.74, 6) is -2.86. The maximum absolute atomic E-state index is 13.7. The molecule has 0 spiro atoms. The smallest absolute Gasteiger partial charge is 0.273 e. The van der Waals surface area contributed by atoms with E-state index in [0.29, 0.717) is 11.8 Å². The molecule has 3 amide bonds. The summed E-state index contributed by atoms with van der Waals surface area (Å²) in [6.45, 7) is -0.622. The number of carbonyl (C=O) groups is 4. The van der Waals surface area contributed by atoms with Crippen molar-refractivity contribution >= 4 is 52.4 Å². The molecule has 11 heteroatoms. The summed E-state index contributed by atoms with van der Waals surface area (Å²) in [6.07, 6.45) is 5.02. The lowest BCUT2D eigenvalue weighted by Gasteiger charge is -2.37. The number of benzene rings is 2. The molecule has 2 bridgehead atoms. The standard InChI is InChI=1S/C26H19Cl2N3O6/c27-19-8-3-13(9-20(19)28)24(33)29(11-21(32)12-1-4-14(5-2-12)31(36)37)30-25(34)22-15-6-7-16(18-10-17(15)18)23(22)26(30)35/h1-9,15-18,22-23H,10-11H2/t15-,16+,17-,18-,22-,23+/m0/s1. The van der Waals surface area contributed by atoms with E-state index in [2.05, 4.69) is 0 Å². The second kappa shape index (κ2) is 8.49. The van der Waals surface area contributed by atoms with Crippen LogP contribution >= 0.6 is 23.2 Å². The Kier molecular flexibility index (Phi) is 5.47. The molecule has 6 atom stereocenters. The van der Waals surface area contributed by atoms with Crippen LogP contribution in [0.5, 0.6) is 0 Å². The van der Waals surface area contributed by atoms with Crippen molar-refractivity contribution in [2.75, 3.05) is 6.54 Å². The van der Waals surface area contributed by atoms with Crippen LogP contribution in [0.2, 0.25) is 10.0 Å². The quantitative estimate of drug-likeness (QED) is 0.178. The van der Waals surface area contributed by atoms with Gasteiger partial charge in [-0.2, -0.15) is 5.01 Å². The zero-order chi connectivity index (χ0) is 26.2. The number of ketones is 1. The number of halogens is 2. The third kappa shape index (κ3) is 3.67. The molecular weight excluding hydrogens is 521 g/mol. The number of non-ortho nitro benzene ring substituents is 1. The maximum atomic E-state index is 13.7. The fourth-order valence-electron chi connectivity index (χ4n) is 6.19. The van der Waals surface area contributed by atoms with Crippen molar-refractivity contribution in [3.05, 3.63) is 85.9 Å². The van der Waals surface area contributed by atoms with Crippen molar-refractivity contribution in [3.63, 3.8) is 0 Å². The van der Waals surface area contributed by atoms with Crippen molar-refractivity contribution in [3.8, 4) is 0 Å². The largest absolute Gasteiger partial charge is 0.292 e. The lowest BCUT2D eigenvalue weighted by atomic mass is 9.63. The number of imide groups is 1. The number of Topliss-reactive ketones (excluding diaryl/α,β-unsaturated/α-hetero) is 1. The first kappa shape index (κ1) is 23.8. The van der Waals surface area contributed by atoms with Crippen molar-refractivity contribution < 1.29 is 24.1 Å². The lowest BCUT2D eigenvalue weighted by Crippen LogP contribution is -2.52. The molecule has 0 unspecified atom stereocenters. The van der Waals surface area contributed by atoms with E-state index >= 15 is 0 Å². The Hall–Kier alpha value is -3.56. The zero-order valence-electron chi connectivity index (χ0n) is 19.1. The first-order valence-corrected chi connectivity index (χ1v) is 12.5. The van der Waals surface area contributed by atoms with Crippen LogP contribution in [-0.2, 0) is 9.59 Å². The molecule has 1 heterocycles. The number of nitro groups is 1. The Morgan fingerprint density at radius 3 is 2.03 bits per heavy atom. The number of allylic oxidation sites excluding steroid dienone is 2. The summed E-state index contributed by atoms with van der Waals surface area (Å²) in [6, 6.07) is 9.02. The summed E-state index contributed by atoms with van der Waals surface area (Å²) in [7, 11) is 0. The van der Waals surface area contributed by atoms with Gasteiger partial charge in [-0.05, 0) is 60.4 Å². The van der Waals surface area contributed by atoms with Crippen LogP contribution in [0.25, 0.3) is 0 Å². The molecule has 9 nitrogen and oxygen atoms in total. The van der Waals surface area contributed by atoms with E-state index in [0.717, 1.165) is 16.4 Å². The van der Waals surface area contributed by atoms with E-state index in [-0.39, 0.29) is 38.7 Å². The molecule has 2 aromatic rings. The number of rotatable bonds is 6. The van der Waals surface area contributed by atoms with Gasteiger partial charge in [0.1, 0.15) is 6.54 Å². The molecule has 188 valence electrons. The molecule has 0 N–H and O–H groups in total. The molecule has 2 aromatic carbocycles. The molecule has 3 fully saturated rings. The van der Waals surface area contributed by atoms with E-state index < -0.39 is 46.8 Å². The first-order valence-electron chi connectivity index (χ1n) is 11.8. The zero-order valence-corrected chi connectivity index (χ0v) is 20.6. The third-order valence-electron chi connectivity index (χ3n) is 7.98. The second-order valence-electron chi connectivity index (χ2n) is 9.86. The van der Waals surface area contributed by atoms with Gasteiger partial charge >= 0.3 is 0 Å². The topological polar surface area (TPSA) is 118 Å². The molecule has 4 aliphatic carbocycles. The Labute approximate surface area is 220 Å². The molecular formula is C26H19Cl2N3O6. The molecule has 7 rings (SSSR count). The van der Waals surface area contributed by atoms with Gasteiger partial charge in [0.2, 0.25) is 0 Å². The number of nitrogens with zero attached hydrogens (tertiary/aromatic N) is 3. The van der Waals surface area contributed by atoms with Crippen LogP contribution in [-0.4, -0.2) is 45.0 Å². The van der Waals surface area contributed by atoms with Crippen LogP contribution in [0, 0.1) is 45.6 Å². The van der Waals surface area contributed by atoms with E-state index in [1.54, 1.807) is 0 Å². The van der Waals surface area contributed by atoms with Crippen molar-refractivity contribution in [2.45, 2.75) is 6.42 Å². The average molecular weight is 540 g/mol. The summed E-state index contributed by atoms with van der Waals surface area (Å²) in [5, 5.41) is 13.0. The number of carbonyl (C=O) groups excluding carboxylic acids is 4. The highest BCUT2D eigenvalue weighted by molar-refractivity contribution is 6.42. The van der Waals surface area contributed by atoms with Gasteiger partial charge in [0, 0.05) is 23.3 Å². The Morgan fingerprint density at radius 1 is 0.919 bits per heavy atom. The minimum atomic E-state index is -0.764. The minimum Gasteiger partial charge on any atom is -0.292 e. The molecule has 1 saturated heterocycles. The van der Waals surface area contributed by atoms with E-state index in [9.17, 15) is 29.3 Å². The average Bonchev–Trinajstić information content (AvgIpc) is 3.67. The highest BCUT2D eigenvalue weighted by Crippen LogP contribution is 2.65.